The fourth-order valence-corrected chi connectivity index (χ4v) is 3.95. The van der Waals surface area contributed by atoms with Gasteiger partial charge < -0.3 is 0 Å². The van der Waals surface area contributed by atoms with Gasteiger partial charge in [0.2, 0.25) is 5.78 Å². The topological polar surface area (TPSA) is 34.9 Å². The number of thiophene rings is 1. The molecule has 0 saturated heterocycles. The molecule has 0 bridgehead atoms. The molecule has 0 radical (unpaired) electrons. The van der Waals surface area contributed by atoms with Gasteiger partial charge in [-0.2, -0.15) is 5.10 Å². The molecule has 2 aromatic heterocycles. The molecule has 100 valence electrons. The van der Waals surface area contributed by atoms with Gasteiger partial charge in [-0.3, -0.25) is 9.48 Å². The number of halogens is 1. The molecule has 2 aromatic rings. The molecule has 0 aromatic carbocycles. The first-order valence-electron chi connectivity index (χ1n) is 6.58. The van der Waals surface area contributed by atoms with Crippen molar-refractivity contribution in [2.24, 2.45) is 0 Å². The lowest BCUT2D eigenvalue weighted by atomic mass is 10.2. The Morgan fingerprint density at radius 3 is 3.11 bits per heavy atom. The zero-order valence-corrected chi connectivity index (χ0v) is 12.4. The molecule has 0 saturated carbocycles. The molecule has 19 heavy (non-hydrogen) atoms. The minimum atomic E-state index is 0.00958. The highest BCUT2D eigenvalue weighted by Gasteiger charge is 2.23. The van der Waals surface area contributed by atoms with Crippen molar-refractivity contribution in [3.05, 3.63) is 38.3 Å². The van der Waals surface area contributed by atoms with Crippen molar-refractivity contribution in [2.75, 3.05) is 0 Å². The lowest BCUT2D eigenvalue weighted by Crippen LogP contribution is -2.11. The maximum absolute atomic E-state index is 12.6. The molecule has 0 N–H and O–H groups in total. The summed E-state index contributed by atoms with van der Waals surface area (Å²) in [7, 11) is 0. The van der Waals surface area contributed by atoms with Crippen LogP contribution >= 0.6 is 22.9 Å². The van der Waals surface area contributed by atoms with Crippen LogP contribution in [0, 0.1) is 0 Å². The van der Waals surface area contributed by atoms with E-state index < -0.39 is 0 Å². The second-order valence-electron chi connectivity index (χ2n) is 4.81. The molecular formula is C14H15ClN2OS. The Kier molecular flexibility index (Phi) is 3.46. The van der Waals surface area contributed by atoms with E-state index in [4.69, 9.17) is 11.6 Å². The lowest BCUT2D eigenvalue weighted by Gasteiger charge is -2.04. The van der Waals surface area contributed by atoms with Crippen LogP contribution in [0.1, 0.15) is 45.6 Å². The second-order valence-corrected chi connectivity index (χ2v) is 6.35. The number of ketones is 1. The number of rotatable bonds is 4. The summed E-state index contributed by atoms with van der Waals surface area (Å²) >= 11 is 7.73. The van der Waals surface area contributed by atoms with E-state index in [1.807, 2.05) is 6.07 Å². The third-order valence-corrected chi connectivity index (χ3v) is 4.93. The highest BCUT2D eigenvalue weighted by Crippen LogP contribution is 2.32. The van der Waals surface area contributed by atoms with Crippen LogP contribution < -0.4 is 0 Å². The fraction of sp³-hybridized carbons (Fsp3) is 0.429. The van der Waals surface area contributed by atoms with E-state index in [2.05, 4.69) is 12.0 Å². The minimum Gasteiger partial charge on any atom is -0.286 e. The van der Waals surface area contributed by atoms with E-state index in [9.17, 15) is 4.79 Å². The van der Waals surface area contributed by atoms with Gasteiger partial charge in [-0.1, -0.05) is 18.5 Å². The Bertz CT molecular complexity index is 608. The first-order chi connectivity index (χ1) is 9.20. The van der Waals surface area contributed by atoms with Gasteiger partial charge >= 0.3 is 0 Å². The van der Waals surface area contributed by atoms with Crippen LogP contribution in [0.3, 0.4) is 0 Å². The van der Waals surface area contributed by atoms with E-state index in [0.29, 0.717) is 10.7 Å². The van der Waals surface area contributed by atoms with Crippen LogP contribution in [0.5, 0.6) is 0 Å². The molecule has 0 atom stereocenters. The van der Waals surface area contributed by atoms with Gasteiger partial charge in [-0.25, -0.2) is 0 Å². The van der Waals surface area contributed by atoms with E-state index in [-0.39, 0.29) is 5.78 Å². The first kappa shape index (κ1) is 12.9. The maximum Gasteiger partial charge on any atom is 0.222 e. The van der Waals surface area contributed by atoms with E-state index in [1.165, 1.54) is 16.9 Å². The summed E-state index contributed by atoms with van der Waals surface area (Å²) in [6.07, 6.45) is 5.91. The van der Waals surface area contributed by atoms with Crippen LogP contribution in [-0.2, 0) is 19.4 Å². The summed E-state index contributed by atoms with van der Waals surface area (Å²) in [6.45, 7) is 2.78. The third-order valence-electron chi connectivity index (χ3n) is 3.42. The molecule has 0 aliphatic heterocycles. The summed E-state index contributed by atoms with van der Waals surface area (Å²) in [5.41, 5.74) is 1.87. The number of hydrogen-bond donors (Lipinski definition) is 0. The molecule has 2 heterocycles. The summed E-state index contributed by atoms with van der Waals surface area (Å²) in [6, 6.07) is 2.04. The Morgan fingerprint density at radius 2 is 2.37 bits per heavy atom. The van der Waals surface area contributed by atoms with Crippen LogP contribution in [0.25, 0.3) is 0 Å². The van der Waals surface area contributed by atoms with Crippen molar-refractivity contribution in [1.29, 1.82) is 0 Å². The van der Waals surface area contributed by atoms with Crippen LogP contribution in [0.15, 0.2) is 12.3 Å². The molecule has 3 nitrogen and oxygen atoms in total. The summed E-state index contributed by atoms with van der Waals surface area (Å²) < 4.78 is 1.72. The summed E-state index contributed by atoms with van der Waals surface area (Å²) in [5, 5.41) is 4.63. The quantitative estimate of drug-likeness (QED) is 0.805. The summed E-state index contributed by atoms with van der Waals surface area (Å²) in [5.74, 6) is 0.00958. The van der Waals surface area contributed by atoms with Crippen molar-refractivity contribution < 1.29 is 4.79 Å². The van der Waals surface area contributed by atoms with Gasteiger partial charge in [0.1, 0.15) is 5.69 Å². The number of carbonyl (C=O) groups excluding carboxylic acids is 1. The molecule has 5 heteroatoms. The Hall–Kier alpha value is -1.13. The minimum absolute atomic E-state index is 0.00958. The zero-order chi connectivity index (χ0) is 13.4. The van der Waals surface area contributed by atoms with Crippen LogP contribution in [0.2, 0.25) is 5.02 Å². The van der Waals surface area contributed by atoms with Gasteiger partial charge in [-0.15, -0.1) is 11.3 Å². The predicted octanol–water partition coefficient (Wildman–Crippen LogP) is 3.73. The van der Waals surface area contributed by atoms with Gasteiger partial charge in [0.05, 0.1) is 16.1 Å². The Morgan fingerprint density at radius 1 is 1.53 bits per heavy atom. The van der Waals surface area contributed by atoms with Crippen molar-refractivity contribution in [2.45, 2.75) is 39.2 Å². The van der Waals surface area contributed by atoms with Gasteiger partial charge in [0.15, 0.2) is 0 Å². The van der Waals surface area contributed by atoms with E-state index in [0.717, 1.165) is 30.7 Å². The highest BCUT2D eigenvalue weighted by molar-refractivity contribution is 7.14. The van der Waals surface area contributed by atoms with E-state index in [1.54, 1.807) is 22.2 Å². The normalized spacial score (nSPS) is 13.8. The Labute approximate surface area is 121 Å². The van der Waals surface area contributed by atoms with E-state index >= 15 is 0 Å². The number of aromatic nitrogens is 2. The molecule has 3 rings (SSSR count). The number of carbonyl (C=O) groups is 1. The fourth-order valence-electron chi connectivity index (χ4n) is 2.53. The standard InChI is InChI=1S/C14H15ClN2OS/c1-2-6-17-13(10(15)8-16-17)14(18)12-7-9-4-3-5-11(9)19-12/h7-8H,2-6H2,1H3. The third kappa shape index (κ3) is 2.23. The molecule has 0 spiro atoms. The second kappa shape index (κ2) is 5.10. The number of aryl methyl sites for hydroxylation is 3. The van der Waals surface area contributed by atoms with Crippen molar-refractivity contribution >= 4 is 28.7 Å². The Balaban J connectivity index is 1.96. The monoisotopic (exact) mass is 294 g/mol. The average molecular weight is 295 g/mol. The number of nitrogens with zero attached hydrogens (tertiary/aromatic N) is 2. The van der Waals surface area contributed by atoms with Crippen molar-refractivity contribution in [3.8, 4) is 0 Å². The van der Waals surface area contributed by atoms with Gasteiger partial charge in [0, 0.05) is 11.4 Å². The van der Waals surface area contributed by atoms with Gasteiger partial charge in [0.25, 0.3) is 0 Å². The summed E-state index contributed by atoms with van der Waals surface area (Å²) in [4.78, 5) is 14.8. The highest BCUT2D eigenvalue weighted by atomic mass is 35.5. The van der Waals surface area contributed by atoms with Crippen LogP contribution in [0.4, 0.5) is 0 Å². The van der Waals surface area contributed by atoms with Crippen LogP contribution in [-0.4, -0.2) is 15.6 Å². The van der Waals surface area contributed by atoms with Crippen molar-refractivity contribution in [3.63, 3.8) is 0 Å². The largest absolute Gasteiger partial charge is 0.286 e. The molecular weight excluding hydrogens is 280 g/mol. The molecule has 0 amide bonds. The molecule has 1 aliphatic carbocycles. The zero-order valence-electron chi connectivity index (χ0n) is 10.8. The average Bonchev–Trinajstić information content (AvgIpc) is 3.03. The molecule has 1 aliphatic rings. The van der Waals surface area contributed by atoms with Gasteiger partial charge in [-0.05, 0) is 37.3 Å². The predicted molar refractivity (Wildman–Crippen MR) is 77.3 cm³/mol. The maximum atomic E-state index is 12.6. The van der Waals surface area contributed by atoms with Crippen molar-refractivity contribution in [1.82, 2.24) is 9.78 Å². The number of hydrogen-bond acceptors (Lipinski definition) is 3. The molecule has 0 fully saturated rings. The SMILES string of the molecule is CCCn1ncc(Cl)c1C(=O)c1cc2c(s1)CCC2. The number of fused-ring (bicyclic) bond motifs is 1. The molecule has 0 unspecified atom stereocenters. The smallest absolute Gasteiger partial charge is 0.222 e. The first-order valence-corrected chi connectivity index (χ1v) is 7.77. The lowest BCUT2D eigenvalue weighted by molar-refractivity contribution is 0.103.